The molecule has 1 aliphatic heterocycles. The van der Waals surface area contributed by atoms with Crippen molar-refractivity contribution in [1.29, 1.82) is 0 Å². The number of nitrogens with zero attached hydrogens (tertiary/aromatic N) is 2. The molecule has 1 N–H and O–H groups in total. The van der Waals surface area contributed by atoms with Crippen LogP contribution in [0.3, 0.4) is 0 Å². The van der Waals surface area contributed by atoms with Crippen LogP contribution in [0, 0.1) is 24.7 Å². The van der Waals surface area contributed by atoms with E-state index >= 15 is 0 Å². The number of ether oxygens (including phenoxy) is 2. The van der Waals surface area contributed by atoms with Gasteiger partial charge in [-0.2, -0.15) is 8.61 Å². The molecule has 0 aliphatic carbocycles. The maximum absolute atomic E-state index is 13.6. The van der Waals surface area contributed by atoms with Gasteiger partial charge in [-0.1, -0.05) is 36.5 Å². The molecule has 0 spiro atoms. The van der Waals surface area contributed by atoms with Crippen LogP contribution in [0.4, 0.5) is 0 Å². The van der Waals surface area contributed by atoms with Crippen LogP contribution in [0.5, 0.6) is 5.75 Å². The van der Waals surface area contributed by atoms with Gasteiger partial charge in [-0.15, -0.1) is 0 Å². The highest BCUT2D eigenvalue weighted by Crippen LogP contribution is 2.34. The topological polar surface area (TPSA) is 113 Å². The Morgan fingerprint density at radius 1 is 1.24 bits per heavy atom. The minimum atomic E-state index is -4.01. The summed E-state index contributed by atoms with van der Waals surface area (Å²) in [5.74, 6) is 5.41. The summed E-state index contributed by atoms with van der Waals surface area (Å²) in [6.45, 7) is 5.17. The van der Waals surface area contributed by atoms with Crippen LogP contribution in [-0.2, 0) is 24.8 Å². The predicted molar refractivity (Wildman–Crippen MR) is 140 cm³/mol. The number of sulfonamides is 2. The van der Waals surface area contributed by atoms with E-state index in [0.717, 1.165) is 5.56 Å². The summed E-state index contributed by atoms with van der Waals surface area (Å²) in [6.07, 6.45) is -0.685. The van der Waals surface area contributed by atoms with Crippen LogP contribution in [0.15, 0.2) is 52.3 Å². The van der Waals surface area contributed by atoms with Crippen LogP contribution in [0.1, 0.15) is 25.0 Å². The normalized spacial score (nSPS) is 20.6. The molecule has 9 nitrogen and oxygen atoms in total. The van der Waals surface area contributed by atoms with Gasteiger partial charge in [0.2, 0.25) is 20.0 Å². The number of aliphatic hydroxyl groups is 1. The van der Waals surface area contributed by atoms with Crippen molar-refractivity contribution in [3.63, 3.8) is 0 Å². The van der Waals surface area contributed by atoms with Gasteiger partial charge in [0.15, 0.2) is 0 Å². The zero-order chi connectivity index (χ0) is 27.4. The van der Waals surface area contributed by atoms with Crippen molar-refractivity contribution in [2.24, 2.45) is 5.92 Å². The fourth-order valence-electron chi connectivity index (χ4n) is 3.97. The highest BCUT2D eigenvalue weighted by molar-refractivity contribution is 7.89. The lowest BCUT2D eigenvalue weighted by atomic mass is 10.0. The molecule has 11 heteroatoms. The van der Waals surface area contributed by atoms with Crippen molar-refractivity contribution in [3.05, 3.63) is 53.6 Å². The second kappa shape index (κ2) is 11.9. The molecule has 37 heavy (non-hydrogen) atoms. The van der Waals surface area contributed by atoms with Gasteiger partial charge in [0.05, 0.1) is 18.0 Å². The van der Waals surface area contributed by atoms with E-state index in [1.54, 1.807) is 44.2 Å². The van der Waals surface area contributed by atoms with Gasteiger partial charge in [0, 0.05) is 38.2 Å². The third kappa shape index (κ3) is 6.52. The first-order valence-corrected chi connectivity index (χ1v) is 14.7. The Labute approximate surface area is 220 Å². The molecule has 0 radical (unpaired) electrons. The van der Waals surface area contributed by atoms with E-state index in [2.05, 4.69) is 11.8 Å². The van der Waals surface area contributed by atoms with Gasteiger partial charge < -0.3 is 14.6 Å². The third-order valence-corrected chi connectivity index (χ3v) is 10.1. The molecule has 3 rings (SSSR count). The molecule has 0 saturated carbocycles. The molecule has 1 aliphatic rings. The lowest BCUT2D eigenvalue weighted by Gasteiger charge is -2.37. The van der Waals surface area contributed by atoms with Gasteiger partial charge in [-0.25, -0.2) is 16.8 Å². The van der Waals surface area contributed by atoms with E-state index in [1.165, 1.54) is 34.9 Å². The summed E-state index contributed by atoms with van der Waals surface area (Å²) < 4.78 is 67.3. The Morgan fingerprint density at radius 2 is 1.92 bits per heavy atom. The van der Waals surface area contributed by atoms with E-state index in [9.17, 15) is 21.9 Å². The van der Waals surface area contributed by atoms with E-state index < -0.39 is 38.1 Å². The summed E-state index contributed by atoms with van der Waals surface area (Å²) in [7, 11) is -4.83. The van der Waals surface area contributed by atoms with Crippen molar-refractivity contribution in [2.45, 2.75) is 42.7 Å². The van der Waals surface area contributed by atoms with Crippen LogP contribution < -0.4 is 4.74 Å². The van der Waals surface area contributed by atoms with E-state index in [1.807, 2.05) is 6.92 Å². The lowest BCUT2D eigenvalue weighted by molar-refractivity contribution is 0.0904. The van der Waals surface area contributed by atoms with Gasteiger partial charge in [-0.3, -0.25) is 0 Å². The molecule has 0 fully saturated rings. The first-order chi connectivity index (χ1) is 17.4. The first-order valence-electron chi connectivity index (χ1n) is 11.9. The first kappa shape index (κ1) is 29.1. The Hall–Kier alpha value is -2.46. The van der Waals surface area contributed by atoms with Crippen LogP contribution in [-0.4, -0.2) is 83.2 Å². The van der Waals surface area contributed by atoms with E-state index in [4.69, 9.17) is 9.47 Å². The molecule has 2 aromatic carbocycles. The molecule has 0 aromatic heterocycles. The van der Waals surface area contributed by atoms with Gasteiger partial charge in [0.1, 0.15) is 23.4 Å². The Balaban J connectivity index is 2.04. The maximum Gasteiger partial charge on any atom is 0.247 e. The minimum Gasteiger partial charge on any atom is -0.487 e. The smallest absolute Gasteiger partial charge is 0.247 e. The largest absolute Gasteiger partial charge is 0.487 e. The monoisotopic (exact) mass is 550 g/mol. The Morgan fingerprint density at radius 3 is 2.54 bits per heavy atom. The zero-order valence-electron chi connectivity index (χ0n) is 21.7. The average molecular weight is 551 g/mol. The zero-order valence-corrected chi connectivity index (χ0v) is 23.3. The van der Waals surface area contributed by atoms with Crippen LogP contribution in [0.2, 0.25) is 0 Å². The number of hydrogen-bond donors (Lipinski definition) is 1. The van der Waals surface area contributed by atoms with Gasteiger partial charge in [0.25, 0.3) is 0 Å². The van der Waals surface area contributed by atoms with Crippen molar-refractivity contribution in [1.82, 2.24) is 8.61 Å². The average Bonchev–Trinajstić information content (AvgIpc) is 2.86. The fraction of sp³-hybridized carbons (Fsp3) is 0.462. The maximum atomic E-state index is 13.6. The van der Waals surface area contributed by atoms with Crippen LogP contribution >= 0.6 is 0 Å². The highest BCUT2D eigenvalue weighted by atomic mass is 32.2. The summed E-state index contributed by atoms with van der Waals surface area (Å²) in [5, 5.41) is 9.79. The van der Waals surface area contributed by atoms with Crippen molar-refractivity contribution in [3.8, 4) is 17.6 Å². The minimum absolute atomic E-state index is 0.0161. The Bertz CT molecular complexity index is 1360. The Kier molecular flexibility index (Phi) is 9.39. The van der Waals surface area contributed by atoms with Crippen molar-refractivity contribution in [2.75, 3.05) is 40.5 Å². The molecule has 2 aromatic rings. The molecule has 0 unspecified atom stereocenters. The number of aryl methyl sites for hydroxylation is 1. The summed E-state index contributed by atoms with van der Waals surface area (Å²) in [6, 6.07) is 10.4. The second-order valence-electron chi connectivity index (χ2n) is 9.23. The van der Waals surface area contributed by atoms with Gasteiger partial charge >= 0.3 is 0 Å². The third-order valence-electron chi connectivity index (χ3n) is 6.28. The number of methoxy groups -OCH3 is 1. The number of aliphatic hydroxyl groups excluding tert-OH is 1. The summed E-state index contributed by atoms with van der Waals surface area (Å²) >= 11 is 0. The highest BCUT2D eigenvalue weighted by Gasteiger charge is 2.39. The molecular weight excluding hydrogens is 516 g/mol. The van der Waals surface area contributed by atoms with E-state index in [0.29, 0.717) is 5.56 Å². The lowest BCUT2D eigenvalue weighted by Crippen LogP contribution is -2.50. The standard InChI is InChI=1S/C26H34N2O7S2/c1-19-8-11-23(12-9-19)36(30,31)27(4)17-25-20(2)16-28(21(3)18-29)37(32,33)26-13-10-22(7-6-14-34-5)15-24(26)35-25/h8-13,15,20-21,25,29H,14,16-18H2,1-5H3/t20-,21+,25+/m1/s1. The molecule has 3 atom stereocenters. The fourth-order valence-corrected chi connectivity index (χ4v) is 6.98. The molecule has 1 heterocycles. The number of hydrogen-bond acceptors (Lipinski definition) is 7. The molecule has 202 valence electrons. The van der Waals surface area contributed by atoms with Crippen LogP contribution in [0.25, 0.3) is 0 Å². The number of fused-ring (bicyclic) bond motifs is 1. The summed E-state index contributed by atoms with van der Waals surface area (Å²) in [4.78, 5) is 0.0966. The number of likely N-dealkylation sites (N-methyl/N-ethyl adjacent to an activating group) is 1. The predicted octanol–water partition coefficient (Wildman–Crippen LogP) is 2.08. The van der Waals surface area contributed by atoms with E-state index in [-0.39, 0.29) is 41.8 Å². The number of rotatable bonds is 7. The van der Waals surface area contributed by atoms with Crippen molar-refractivity contribution < 1.29 is 31.4 Å². The molecule has 0 bridgehead atoms. The molecule has 0 amide bonds. The van der Waals surface area contributed by atoms with Crippen molar-refractivity contribution >= 4 is 20.0 Å². The number of benzene rings is 2. The second-order valence-corrected chi connectivity index (χ2v) is 13.1. The summed E-state index contributed by atoms with van der Waals surface area (Å²) in [5.41, 5.74) is 1.47. The molecular formula is C26H34N2O7S2. The van der Waals surface area contributed by atoms with Gasteiger partial charge in [-0.05, 0) is 44.2 Å². The quantitative estimate of drug-likeness (QED) is 0.525. The molecule has 0 saturated heterocycles. The SMILES string of the molecule is COCC#Cc1ccc2c(c1)O[C@@H](CN(C)S(=O)(=O)c1ccc(C)cc1)[C@H](C)CN([C@@H](C)CO)S2(=O)=O.